The minimum absolute atomic E-state index is 0.00306. The standard InChI is InChI=1S/C25H28N4O5S/c1-3-34-23(32)14-13-22(31)29(17-18-7-5-4-6-8-18)16-15-21(30)26-25-28-27-24(35-25)19-9-11-20(33-2)12-10-19/h4-12H,3,13-17H2,1-2H3,(H,26,28,30). The number of nitrogens with zero attached hydrogens (tertiary/aromatic N) is 3. The fraction of sp³-hybridized carbons (Fsp3) is 0.320. The van der Waals surface area contributed by atoms with Crippen molar-refractivity contribution in [1.82, 2.24) is 15.1 Å². The normalized spacial score (nSPS) is 10.5. The van der Waals surface area contributed by atoms with Crippen LogP contribution in [0.3, 0.4) is 0 Å². The van der Waals surface area contributed by atoms with Crippen LogP contribution in [0.1, 0.15) is 31.7 Å². The third-order valence-electron chi connectivity index (χ3n) is 5.03. The lowest BCUT2D eigenvalue weighted by molar-refractivity contribution is -0.146. The number of hydrogen-bond acceptors (Lipinski definition) is 8. The van der Waals surface area contributed by atoms with E-state index < -0.39 is 5.97 Å². The Bertz CT molecular complexity index is 1120. The van der Waals surface area contributed by atoms with Crippen LogP contribution in [0.2, 0.25) is 0 Å². The molecular weight excluding hydrogens is 468 g/mol. The lowest BCUT2D eigenvalue weighted by Crippen LogP contribution is -2.33. The molecule has 10 heteroatoms. The second-order valence-corrected chi connectivity index (χ2v) is 8.52. The zero-order valence-corrected chi connectivity index (χ0v) is 20.5. The van der Waals surface area contributed by atoms with Crippen LogP contribution in [0, 0.1) is 0 Å². The Balaban J connectivity index is 1.57. The first-order valence-electron chi connectivity index (χ1n) is 11.2. The highest BCUT2D eigenvalue weighted by molar-refractivity contribution is 7.18. The number of nitrogens with one attached hydrogen (secondary N) is 1. The van der Waals surface area contributed by atoms with Crippen molar-refractivity contribution < 1.29 is 23.9 Å². The van der Waals surface area contributed by atoms with Gasteiger partial charge in [-0.3, -0.25) is 14.4 Å². The zero-order valence-electron chi connectivity index (χ0n) is 19.7. The van der Waals surface area contributed by atoms with Crippen LogP contribution < -0.4 is 10.1 Å². The quantitative estimate of drug-likeness (QED) is 0.379. The van der Waals surface area contributed by atoms with Gasteiger partial charge < -0.3 is 19.7 Å². The molecule has 2 aromatic carbocycles. The van der Waals surface area contributed by atoms with Crippen molar-refractivity contribution in [2.24, 2.45) is 0 Å². The van der Waals surface area contributed by atoms with E-state index in [9.17, 15) is 14.4 Å². The zero-order chi connectivity index (χ0) is 25.0. The van der Waals surface area contributed by atoms with Crippen LogP contribution >= 0.6 is 11.3 Å². The van der Waals surface area contributed by atoms with Gasteiger partial charge in [-0.15, -0.1) is 10.2 Å². The molecule has 0 saturated carbocycles. The van der Waals surface area contributed by atoms with E-state index >= 15 is 0 Å². The fourth-order valence-corrected chi connectivity index (χ4v) is 4.00. The molecule has 0 aliphatic carbocycles. The summed E-state index contributed by atoms with van der Waals surface area (Å²) in [5, 5.41) is 12.0. The second-order valence-electron chi connectivity index (χ2n) is 7.54. The van der Waals surface area contributed by atoms with E-state index in [0.29, 0.717) is 16.7 Å². The Kier molecular flexibility index (Phi) is 9.73. The van der Waals surface area contributed by atoms with Crippen molar-refractivity contribution in [3.8, 4) is 16.3 Å². The highest BCUT2D eigenvalue weighted by atomic mass is 32.1. The molecular formula is C25H28N4O5S. The number of methoxy groups -OCH3 is 1. The predicted octanol–water partition coefficient (Wildman–Crippen LogP) is 3.91. The van der Waals surface area contributed by atoms with Gasteiger partial charge in [-0.1, -0.05) is 41.7 Å². The third kappa shape index (κ3) is 8.18. The molecule has 0 radical (unpaired) electrons. The minimum Gasteiger partial charge on any atom is -0.497 e. The molecule has 35 heavy (non-hydrogen) atoms. The van der Waals surface area contributed by atoms with Crippen LogP contribution in [-0.2, 0) is 25.7 Å². The fourth-order valence-electron chi connectivity index (χ4n) is 3.24. The number of esters is 1. The Morgan fingerprint density at radius 2 is 1.71 bits per heavy atom. The highest BCUT2D eigenvalue weighted by Crippen LogP contribution is 2.27. The molecule has 0 spiro atoms. The number of benzene rings is 2. The van der Waals surface area contributed by atoms with Crippen LogP contribution in [0.4, 0.5) is 5.13 Å². The van der Waals surface area contributed by atoms with Crippen LogP contribution in [-0.4, -0.2) is 53.1 Å². The number of carbonyl (C=O) groups excluding carboxylic acids is 3. The molecule has 184 valence electrons. The first kappa shape index (κ1) is 25.8. The first-order valence-corrected chi connectivity index (χ1v) is 12.0. The largest absolute Gasteiger partial charge is 0.497 e. The van der Waals surface area contributed by atoms with Gasteiger partial charge in [-0.05, 0) is 36.8 Å². The molecule has 0 fully saturated rings. The Morgan fingerprint density at radius 3 is 2.40 bits per heavy atom. The topological polar surface area (TPSA) is 111 Å². The second kappa shape index (κ2) is 13.2. The molecule has 3 rings (SSSR count). The molecule has 0 unspecified atom stereocenters. The van der Waals surface area contributed by atoms with Gasteiger partial charge in [0.05, 0.1) is 20.1 Å². The van der Waals surface area contributed by atoms with Gasteiger partial charge in [0.25, 0.3) is 0 Å². The third-order valence-corrected chi connectivity index (χ3v) is 5.92. The summed E-state index contributed by atoms with van der Waals surface area (Å²) >= 11 is 1.26. The van der Waals surface area contributed by atoms with Crippen LogP contribution in [0.15, 0.2) is 54.6 Å². The minimum atomic E-state index is -0.415. The van der Waals surface area contributed by atoms with Crippen LogP contribution in [0.5, 0.6) is 5.75 Å². The molecule has 0 atom stereocenters. The molecule has 1 heterocycles. The van der Waals surface area contributed by atoms with E-state index in [2.05, 4.69) is 15.5 Å². The van der Waals surface area contributed by atoms with Crippen LogP contribution in [0.25, 0.3) is 10.6 Å². The van der Waals surface area contributed by atoms with Crippen molar-refractivity contribution in [1.29, 1.82) is 0 Å². The number of hydrogen-bond donors (Lipinski definition) is 1. The number of amides is 2. The van der Waals surface area contributed by atoms with Gasteiger partial charge in [-0.2, -0.15) is 0 Å². The summed E-state index contributed by atoms with van der Waals surface area (Å²) in [5.74, 6) is -0.170. The summed E-state index contributed by atoms with van der Waals surface area (Å²) < 4.78 is 10.1. The molecule has 0 aliphatic heterocycles. The molecule has 1 N–H and O–H groups in total. The van der Waals surface area contributed by atoms with Gasteiger partial charge in [0.2, 0.25) is 16.9 Å². The summed E-state index contributed by atoms with van der Waals surface area (Å²) in [6.45, 7) is 2.54. The summed E-state index contributed by atoms with van der Waals surface area (Å²) in [5.41, 5.74) is 1.80. The predicted molar refractivity (Wildman–Crippen MR) is 133 cm³/mol. The summed E-state index contributed by atoms with van der Waals surface area (Å²) in [4.78, 5) is 38.6. The summed E-state index contributed by atoms with van der Waals surface area (Å²) in [6.07, 6.45) is 0.105. The molecule has 2 amide bonds. The number of ether oxygens (including phenoxy) is 2. The van der Waals surface area contributed by atoms with Gasteiger partial charge in [0.15, 0.2) is 0 Å². The molecule has 9 nitrogen and oxygen atoms in total. The molecule has 0 bridgehead atoms. The Labute approximate surface area is 208 Å². The Hall–Kier alpha value is -3.79. The van der Waals surface area contributed by atoms with E-state index in [0.717, 1.165) is 16.9 Å². The summed E-state index contributed by atoms with van der Waals surface area (Å²) in [7, 11) is 1.60. The highest BCUT2D eigenvalue weighted by Gasteiger charge is 2.18. The first-order chi connectivity index (χ1) is 17.0. The van der Waals surface area contributed by atoms with Gasteiger partial charge in [0.1, 0.15) is 10.8 Å². The van der Waals surface area contributed by atoms with Crippen molar-refractivity contribution in [2.45, 2.75) is 32.7 Å². The number of aromatic nitrogens is 2. The van der Waals surface area contributed by atoms with Gasteiger partial charge >= 0.3 is 5.97 Å². The Morgan fingerprint density at radius 1 is 0.971 bits per heavy atom. The maximum Gasteiger partial charge on any atom is 0.306 e. The number of anilines is 1. The van der Waals surface area contributed by atoms with Crippen molar-refractivity contribution in [3.63, 3.8) is 0 Å². The van der Waals surface area contributed by atoms with E-state index in [1.165, 1.54) is 11.3 Å². The SMILES string of the molecule is CCOC(=O)CCC(=O)N(CCC(=O)Nc1nnc(-c2ccc(OC)cc2)s1)Cc1ccccc1. The lowest BCUT2D eigenvalue weighted by Gasteiger charge is -2.22. The summed E-state index contributed by atoms with van der Waals surface area (Å²) in [6, 6.07) is 16.9. The van der Waals surface area contributed by atoms with Crippen molar-refractivity contribution in [2.75, 3.05) is 25.6 Å². The molecule has 1 aromatic heterocycles. The molecule has 0 aliphatic rings. The van der Waals surface area contributed by atoms with E-state index in [1.807, 2.05) is 54.6 Å². The van der Waals surface area contributed by atoms with E-state index in [-0.39, 0.29) is 44.2 Å². The smallest absolute Gasteiger partial charge is 0.306 e. The molecule has 0 saturated heterocycles. The van der Waals surface area contributed by atoms with Gasteiger partial charge in [0, 0.05) is 31.5 Å². The maximum absolute atomic E-state index is 12.8. The average Bonchev–Trinajstić information content (AvgIpc) is 3.34. The monoisotopic (exact) mass is 496 g/mol. The number of carbonyl (C=O) groups is 3. The van der Waals surface area contributed by atoms with E-state index in [1.54, 1.807) is 18.9 Å². The average molecular weight is 497 g/mol. The van der Waals surface area contributed by atoms with Gasteiger partial charge in [-0.25, -0.2) is 0 Å². The number of rotatable bonds is 12. The maximum atomic E-state index is 12.8. The lowest BCUT2D eigenvalue weighted by atomic mass is 10.2. The van der Waals surface area contributed by atoms with Crippen molar-refractivity contribution >= 4 is 34.3 Å². The molecule has 3 aromatic rings. The van der Waals surface area contributed by atoms with Crippen molar-refractivity contribution in [3.05, 3.63) is 60.2 Å². The van der Waals surface area contributed by atoms with E-state index in [4.69, 9.17) is 9.47 Å².